The number of carbonyl (C=O) groups is 1. The molecule has 2 N–H and O–H groups in total. The van der Waals surface area contributed by atoms with Crippen molar-refractivity contribution >= 4 is 32.9 Å². The maximum Gasteiger partial charge on any atom is 0.268 e. The molecule has 3 aromatic rings. The van der Waals surface area contributed by atoms with Crippen LogP contribution in [0.2, 0.25) is 0 Å². The third kappa shape index (κ3) is 3.19. The Balaban J connectivity index is 2.15. The van der Waals surface area contributed by atoms with E-state index >= 15 is 0 Å². The maximum absolute atomic E-state index is 13.0. The van der Waals surface area contributed by atoms with Crippen LogP contribution in [0.5, 0.6) is 5.75 Å². The molecule has 0 aliphatic heterocycles. The van der Waals surface area contributed by atoms with Gasteiger partial charge in [-0.25, -0.2) is 17.9 Å². The Hall–Kier alpha value is -3.10. The van der Waals surface area contributed by atoms with Gasteiger partial charge in [0.2, 0.25) is 0 Å². The first kappa shape index (κ1) is 17.7. The number of fused-ring (bicyclic) bond motifs is 1. The van der Waals surface area contributed by atoms with Gasteiger partial charge in [-0.1, -0.05) is 18.2 Å². The lowest BCUT2D eigenvalue weighted by atomic mass is 10.1. The molecule has 0 spiro atoms. The summed E-state index contributed by atoms with van der Waals surface area (Å²) in [4.78, 5) is 11.4. The van der Waals surface area contributed by atoms with Gasteiger partial charge in [0.25, 0.3) is 15.9 Å². The molecule has 1 amide bonds. The monoisotopic (exact) mass is 372 g/mol. The third-order valence-electron chi connectivity index (χ3n) is 3.85. The summed E-state index contributed by atoms with van der Waals surface area (Å²) in [6, 6.07) is 13.0. The summed E-state index contributed by atoms with van der Waals surface area (Å²) in [5, 5.41) is 9.30. The molecule has 8 heteroatoms. The molecule has 0 atom stereocenters. The summed E-state index contributed by atoms with van der Waals surface area (Å²) in [5.74, 6) is -0.155. The summed E-state index contributed by atoms with van der Waals surface area (Å²) < 4.78 is 32.3. The molecule has 0 radical (unpaired) electrons. The quantitative estimate of drug-likeness (QED) is 0.407. The van der Waals surface area contributed by atoms with Gasteiger partial charge in [-0.3, -0.25) is 10.0 Å². The predicted molar refractivity (Wildman–Crippen MR) is 96.5 cm³/mol. The number of hydrogen-bond acceptors (Lipinski definition) is 5. The van der Waals surface area contributed by atoms with Crippen LogP contribution in [0, 0.1) is 0 Å². The van der Waals surface area contributed by atoms with Crippen molar-refractivity contribution < 1.29 is 23.2 Å². The van der Waals surface area contributed by atoms with Crippen LogP contribution in [0.1, 0.15) is 5.56 Å². The Morgan fingerprint density at radius 1 is 1.15 bits per heavy atom. The minimum atomic E-state index is -3.84. The minimum absolute atomic E-state index is 0.114. The maximum atomic E-state index is 13.0. The van der Waals surface area contributed by atoms with Crippen molar-refractivity contribution in [1.82, 2.24) is 9.45 Å². The molecule has 134 valence electrons. The second-order valence-corrected chi connectivity index (χ2v) is 7.20. The molecule has 0 unspecified atom stereocenters. The molecule has 0 aliphatic carbocycles. The molecule has 0 aliphatic rings. The van der Waals surface area contributed by atoms with E-state index in [9.17, 15) is 13.2 Å². The Morgan fingerprint density at radius 3 is 2.54 bits per heavy atom. The van der Waals surface area contributed by atoms with Crippen molar-refractivity contribution in [1.29, 1.82) is 0 Å². The van der Waals surface area contributed by atoms with E-state index in [4.69, 9.17) is 9.94 Å². The molecule has 0 bridgehead atoms. The number of rotatable bonds is 5. The van der Waals surface area contributed by atoms with Crippen molar-refractivity contribution in [3.05, 3.63) is 66.4 Å². The number of amides is 1. The van der Waals surface area contributed by atoms with E-state index in [1.54, 1.807) is 36.4 Å². The minimum Gasteiger partial charge on any atom is -0.497 e. The van der Waals surface area contributed by atoms with Crippen LogP contribution in [0.15, 0.2) is 65.7 Å². The second kappa shape index (κ2) is 7.03. The SMILES string of the molecule is COc1ccc(S(=O)(=O)n2ccc3cccc(C=CC(=O)NO)c32)cc1. The Labute approximate surface area is 150 Å². The standard InChI is InChI=1S/C18H16N2O5S/c1-25-15-6-8-16(9-7-15)26(23,24)20-12-11-14-4-2-3-13(18(14)20)5-10-17(21)19-22/h2-12,22H,1H3,(H,19,21). The zero-order valence-electron chi connectivity index (χ0n) is 13.8. The van der Waals surface area contributed by atoms with Crippen LogP contribution in [-0.4, -0.2) is 30.6 Å². The Kier molecular flexibility index (Phi) is 4.79. The van der Waals surface area contributed by atoms with E-state index in [0.717, 1.165) is 6.08 Å². The van der Waals surface area contributed by atoms with Gasteiger partial charge >= 0.3 is 0 Å². The fraction of sp³-hybridized carbons (Fsp3) is 0.0556. The molecule has 1 aromatic heterocycles. The Bertz CT molecular complexity index is 1080. The highest BCUT2D eigenvalue weighted by Gasteiger charge is 2.20. The highest BCUT2D eigenvalue weighted by Crippen LogP contribution is 2.27. The van der Waals surface area contributed by atoms with E-state index in [1.165, 1.54) is 41.0 Å². The number of methoxy groups -OCH3 is 1. The van der Waals surface area contributed by atoms with Gasteiger partial charge in [0, 0.05) is 23.2 Å². The predicted octanol–water partition coefficient (Wildman–Crippen LogP) is 2.41. The van der Waals surface area contributed by atoms with Gasteiger partial charge in [0.1, 0.15) is 5.75 Å². The molecule has 3 rings (SSSR count). The van der Waals surface area contributed by atoms with E-state index in [2.05, 4.69) is 0 Å². The molecule has 2 aromatic carbocycles. The number of nitrogens with one attached hydrogen (secondary N) is 1. The summed E-state index contributed by atoms with van der Waals surface area (Å²) in [6.07, 6.45) is 4.02. The van der Waals surface area contributed by atoms with Crippen LogP contribution in [-0.2, 0) is 14.8 Å². The van der Waals surface area contributed by atoms with Gasteiger partial charge in [-0.05, 0) is 36.4 Å². The lowest BCUT2D eigenvalue weighted by Crippen LogP contribution is -2.15. The average molecular weight is 372 g/mol. The Morgan fingerprint density at radius 2 is 1.88 bits per heavy atom. The van der Waals surface area contributed by atoms with Crippen molar-refractivity contribution in [2.75, 3.05) is 7.11 Å². The van der Waals surface area contributed by atoms with Crippen molar-refractivity contribution in [2.24, 2.45) is 0 Å². The molecule has 7 nitrogen and oxygen atoms in total. The molecule has 0 fully saturated rings. The first-order valence-corrected chi connectivity index (χ1v) is 9.03. The number of ether oxygens (including phenoxy) is 1. The molecule has 0 saturated heterocycles. The number of benzene rings is 2. The fourth-order valence-electron chi connectivity index (χ4n) is 2.59. The van der Waals surface area contributed by atoms with Gasteiger partial charge in [0.05, 0.1) is 17.5 Å². The van der Waals surface area contributed by atoms with Gasteiger partial charge in [-0.15, -0.1) is 0 Å². The van der Waals surface area contributed by atoms with Crippen LogP contribution in [0.3, 0.4) is 0 Å². The van der Waals surface area contributed by atoms with Crippen molar-refractivity contribution in [3.63, 3.8) is 0 Å². The number of hydroxylamine groups is 1. The van der Waals surface area contributed by atoms with E-state index in [-0.39, 0.29) is 4.90 Å². The number of carbonyl (C=O) groups excluding carboxylic acids is 1. The van der Waals surface area contributed by atoms with E-state index < -0.39 is 15.9 Å². The molecule has 26 heavy (non-hydrogen) atoms. The fourth-order valence-corrected chi connectivity index (χ4v) is 3.97. The second-order valence-electron chi connectivity index (χ2n) is 5.39. The average Bonchev–Trinajstić information content (AvgIpc) is 3.11. The van der Waals surface area contributed by atoms with Crippen LogP contribution >= 0.6 is 0 Å². The zero-order chi connectivity index (χ0) is 18.7. The van der Waals surface area contributed by atoms with Crippen LogP contribution < -0.4 is 10.2 Å². The molecular weight excluding hydrogens is 356 g/mol. The number of nitrogens with zero attached hydrogens (tertiary/aromatic N) is 1. The largest absolute Gasteiger partial charge is 0.497 e. The number of hydrogen-bond donors (Lipinski definition) is 2. The number of aromatic nitrogens is 1. The smallest absolute Gasteiger partial charge is 0.268 e. The molecule has 1 heterocycles. The van der Waals surface area contributed by atoms with Crippen molar-refractivity contribution in [3.8, 4) is 5.75 Å². The van der Waals surface area contributed by atoms with Gasteiger partial charge in [-0.2, -0.15) is 0 Å². The summed E-state index contributed by atoms with van der Waals surface area (Å²) in [7, 11) is -2.33. The molecular formula is C18H16N2O5S. The normalized spacial score (nSPS) is 11.8. The summed E-state index contributed by atoms with van der Waals surface area (Å²) in [5.41, 5.74) is 2.45. The zero-order valence-corrected chi connectivity index (χ0v) is 14.6. The van der Waals surface area contributed by atoms with E-state index in [1.807, 2.05) is 0 Å². The number of para-hydroxylation sites is 1. The highest BCUT2D eigenvalue weighted by molar-refractivity contribution is 7.90. The third-order valence-corrected chi connectivity index (χ3v) is 5.54. The summed E-state index contributed by atoms with van der Waals surface area (Å²) >= 11 is 0. The highest BCUT2D eigenvalue weighted by atomic mass is 32.2. The first-order valence-electron chi connectivity index (χ1n) is 7.59. The van der Waals surface area contributed by atoms with Gasteiger partial charge < -0.3 is 4.74 Å². The lowest BCUT2D eigenvalue weighted by Gasteiger charge is -2.10. The topological polar surface area (TPSA) is 97.6 Å². The summed E-state index contributed by atoms with van der Waals surface area (Å²) in [6.45, 7) is 0. The lowest BCUT2D eigenvalue weighted by molar-refractivity contribution is -0.124. The first-order chi connectivity index (χ1) is 12.5. The van der Waals surface area contributed by atoms with Crippen LogP contribution in [0.4, 0.5) is 0 Å². The van der Waals surface area contributed by atoms with E-state index in [0.29, 0.717) is 22.2 Å². The molecule has 0 saturated carbocycles. The van der Waals surface area contributed by atoms with Gasteiger partial charge in [0.15, 0.2) is 0 Å². The van der Waals surface area contributed by atoms with Crippen LogP contribution in [0.25, 0.3) is 17.0 Å². The van der Waals surface area contributed by atoms with Crippen molar-refractivity contribution in [2.45, 2.75) is 4.90 Å².